The zero-order chi connectivity index (χ0) is 17.5. The number of rotatable bonds is 6. The van der Waals surface area contributed by atoms with Gasteiger partial charge in [-0.25, -0.2) is 0 Å². The molecule has 0 aliphatic carbocycles. The first-order valence-electron chi connectivity index (χ1n) is 8.97. The minimum atomic E-state index is 0. The number of nitrogens with one attached hydrogen (secondary N) is 1. The van der Waals surface area contributed by atoms with Gasteiger partial charge in [-0.1, -0.05) is 37.6 Å². The van der Waals surface area contributed by atoms with Crippen LogP contribution in [0.4, 0.5) is 0 Å². The number of guanidine groups is 1. The van der Waals surface area contributed by atoms with Crippen molar-refractivity contribution in [3.05, 3.63) is 34.9 Å². The summed E-state index contributed by atoms with van der Waals surface area (Å²) in [6.07, 6.45) is 3.48. The van der Waals surface area contributed by atoms with Crippen LogP contribution >= 0.6 is 35.6 Å². The van der Waals surface area contributed by atoms with Crippen molar-refractivity contribution in [1.82, 2.24) is 10.2 Å². The molecule has 1 aromatic rings. The lowest BCUT2D eigenvalue weighted by molar-refractivity contribution is 0.125. The molecule has 0 amide bonds. The van der Waals surface area contributed by atoms with Crippen molar-refractivity contribution < 1.29 is 0 Å². The summed E-state index contributed by atoms with van der Waals surface area (Å²) in [7, 11) is 2.19. The maximum absolute atomic E-state index is 6.19. The first kappa shape index (κ1) is 22.5. The molecule has 1 saturated heterocycles. The molecule has 3 N–H and O–H groups in total. The lowest BCUT2D eigenvalue weighted by atomic mass is 9.85. The summed E-state index contributed by atoms with van der Waals surface area (Å²) < 4.78 is 0. The SMILES string of the molecule is CC(C)CCNC(N)=NCC1CCCN(C)C1c1cccc(Cl)c1.I. The minimum Gasteiger partial charge on any atom is -0.370 e. The third kappa shape index (κ3) is 7.31. The van der Waals surface area contributed by atoms with E-state index in [1.54, 1.807) is 0 Å². The van der Waals surface area contributed by atoms with Gasteiger partial charge in [-0.15, -0.1) is 24.0 Å². The first-order chi connectivity index (χ1) is 11.5. The van der Waals surface area contributed by atoms with Gasteiger partial charge in [-0.3, -0.25) is 9.89 Å². The molecule has 4 nitrogen and oxygen atoms in total. The van der Waals surface area contributed by atoms with Crippen LogP contribution in [-0.2, 0) is 0 Å². The van der Waals surface area contributed by atoms with Crippen LogP contribution in [-0.4, -0.2) is 37.5 Å². The molecule has 1 heterocycles. The average molecular weight is 479 g/mol. The summed E-state index contributed by atoms with van der Waals surface area (Å²) in [6.45, 7) is 7.17. The van der Waals surface area contributed by atoms with Crippen LogP contribution in [0.25, 0.3) is 0 Å². The fourth-order valence-electron chi connectivity index (χ4n) is 3.43. The number of hydrogen-bond donors (Lipinski definition) is 2. The third-order valence-electron chi connectivity index (χ3n) is 4.72. The number of benzene rings is 1. The molecular formula is C19H32ClIN4. The normalized spacial score (nSPS) is 21.9. The van der Waals surface area contributed by atoms with E-state index in [4.69, 9.17) is 17.3 Å². The second-order valence-electron chi connectivity index (χ2n) is 7.22. The molecule has 0 bridgehead atoms. The van der Waals surface area contributed by atoms with E-state index in [1.165, 1.54) is 18.4 Å². The van der Waals surface area contributed by atoms with E-state index in [-0.39, 0.29) is 24.0 Å². The molecule has 2 atom stereocenters. The van der Waals surface area contributed by atoms with E-state index in [9.17, 15) is 0 Å². The Morgan fingerprint density at radius 2 is 2.20 bits per heavy atom. The van der Waals surface area contributed by atoms with Crippen molar-refractivity contribution in [2.24, 2.45) is 22.6 Å². The second-order valence-corrected chi connectivity index (χ2v) is 7.65. The number of likely N-dealkylation sites (tertiary alicyclic amines) is 1. The van der Waals surface area contributed by atoms with E-state index >= 15 is 0 Å². The quantitative estimate of drug-likeness (QED) is 0.364. The summed E-state index contributed by atoms with van der Waals surface area (Å²) in [6, 6.07) is 8.55. The number of nitrogens with two attached hydrogens (primary N) is 1. The van der Waals surface area contributed by atoms with Crippen LogP contribution in [0.5, 0.6) is 0 Å². The average Bonchev–Trinajstić information content (AvgIpc) is 2.52. The zero-order valence-electron chi connectivity index (χ0n) is 15.5. The molecule has 1 aromatic carbocycles. The molecule has 2 unspecified atom stereocenters. The Labute approximate surface area is 174 Å². The lowest BCUT2D eigenvalue weighted by Crippen LogP contribution is -2.38. The Morgan fingerprint density at radius 3 is 2.88 bits per heavy atom. The highest BCUT2D eigenvalue weighted by Crippen LogP contribution is 2.36. The van der Waals surface area contributed by atoms with Gasteiger partial charge in [0.25, 0.3) is 0 Å². The molecule has 6 heteroatoms. The van der Waals surface area contributed by atoms with Gasteiger partial charge in [0.2, 0.25) is 0 Å². The molecule has 2 rings (SSSR count). The summed E-state index contributed by atoms with van der Waals surface area (Å²) in [5, 5.41) is 4.02. The number of hydrogen-bond acceptors (Lipinski definition) is 2. The molecule has 1 aliphatic heterocycles. The zero-order valence-corrected chi connectivity index (χ0v) is 18.6. The molecule has 25 heavy (non-hydrogen) atoms. The molecule has 0 radical (unpaired) electrons. The van der Waals surface area contributed by atoms with Gasteiger partial charge < -0.3 is 11.1 Å². The van der Waals surface area contributed by atoms with Gasteiger partial charge in [-0.2, -0.15) is 0 Å². The standard InChI is InChI=1S/C19H31ClN4.HI/c1-14(2)9-10-22-19(21)23-13-16-7-5-11-24(3)18(16)15-6-4-8-17(20)12-15;/h4,6,8,12,14,16,18H,5,7,9-11,13H2,1-3H3,(H3,21,22,23);1H. The Balaban J connectivity index is 0.00000312. The number of nitrogens with zero attached hydrogens (tertiary/aromatic N) is 2. The van der Waals surface area contributed by atoms with Crippen molar-refractivity contribution in [3.8, 4) is 0 Å². The maximum Gasteiger partial charge on any atom is 0.188 e. The molecule has 1 fully saturated rings. The molecule has 1 aliphatic rings. The van der Waals surface area contributed by atoms with Crippen molar-refractivity contribution in [3.63, 3.8) is 0 Å². The van der Waals surface area contributed by atoms with Crippen LogP contribution in [0, 0.1) is 11.8 Å². The monoisotopic (exact) mass is 478 g/mol. The van der Waals surface area contributed by atoms with Crippen molar-refractivity contribution in [2.75, 3.05) is 26.7 Å². The molecule has 0 aromatic heterocycles. The number of piperidine rings is 1. The fraction of sp³-hybridized carbons (Fsp3) is 0.632. The van der Waals surface area contributed by atoms with E-state index in [0.717, 1.165) is 31.1 Å². The van der Waals surface area contributed by atoms with E-state index in [1.807, 2.05) is 12.1 Å². The largest absolute Gasteiger partial charge is 0.370 e. The Hall–Kier alpha value is -0.530. The van der Waals surface area contributed by atoms with Gasteiger partial charge in [0.05, 0.1) is 0 Å². The number of halogens is 2. The predicted molar refractivity (Wildman–Crippen MR) is 119 cm³/mol. The molecular weight excluding hydrogens is 447 g/mol. The smallest absolute Gasteiger partial charge is 0.188 e. The second kappa shape index (κ2) is 11.2. The first-order valence-corrected chi connectivity index (χ1v) is 9.34. The summed E-state index contributed by atoms with van der Waals surface area (Å²) in [4.78, 5) is 7.02. The van der Waals surface area contributed by atoms with Gasteiger partial charge >= 0.3 is 0 Å². The van der Waals surface area contributed by atoms with Crippen LogP contribution in [0.1, 0.15) is 44.7 Å². The van der Waals surface area contributed by atoms with Crippen molar-refractivity contribution >= 4 is 41.5 Å². The molecule has 142 valence electrons. The fourth-order valence-corrected chi connectivity index (χ4v) is 3.63. The lowest BCUT2D eigenvalue weighted by Gasteiger charge is -2.39. The molecule has 0 saturated carbocycles. The highest BCUT2D eigenvalue weighted by molar-refractivity contribution is 14.0. The van der Waals surface area contributed by atoms with Crippen molar-refractivity contribution in [2.45, 2.75) is 39.2 Å². The Morgan fingerprint density at radius 1 is 1.44 bits per heavy atom. The highest BCUT2D eigenvalue weighted by Gasteiger charge is 2.30. The van der Waals surface area contributed by atoms with Crippen LogP contribution in [0.3, 0.4) is 0 Å². The summed E-state index contributed by atoms with van der Waals surface area (Å²) in [5.74, 6) is 1.70. The van der Waals surface area contributed by atoms with Crippen molar-refractivity contribution in [1.29, 1.82) is 0 Å². The Kier molecular flexibility index (Phi) is 10.1. The van der Waals surface area contributed by atoms with Crippen LogP contribution < -0.4 is 11.1 Å². The highest BCUT2D eigenvalue weighted by atomic mass is 127. The topological polar surface area (TPSA) is 53.6 Å². The Bertz CT molecular complexity index is 550. The van der Waals surface area contributed by atoms with Gasteiger partial charge in [0.15, 0.2) is 5.96 Å². The predicted octanol–water partition coefficient (Wildman–Crippen LogP) is 4.29. The van der Waals surface area contributed by atoms with E-state index in [0.29, 0.717) is 23.8 Å². The number of aliphatic imine (C=N–C) groups is 1. The van der Waals surface area contributed by atoms with Gasteiger partial charge in [0.1, 0.15) is 0 Å². The van der Waals surface area contributed by atoms with Gasteiger partial charge in [-0.05, 0) is 62.4 Å². The third-order valence-corrected chi connectivity index (χ3v) is 4.96. The van der Waals surface area contributed by atoms with E-state index < -0.39 is 0 Å². The van der Waals surface area contributed by atoms with Crippen LogP contribution in [0.2, 0.25) is 5.02 Å². The van der Waals surface area contributed by atoms with Gasteiger partial charge in [0, 0.05) is 24.2 Å². The van der Waals surface area contributed by atoms with E-state index in [2.05, 4.69) is 48.2 Å². The summed E-state index contributed by atoms with van der Waals surface area (Å²) >= 11 is 6.19. The minimum absolute atomic E-state index is 0. The molecule has 0 spiro atoms. The van der Waals surface area contributed by atoms with Crippen LogP contribution in [0.15, 0.2) is 29.3 Å². The summed E-state index contributed by atoms with van der Waals surface area (Å²) in [5.41, 5.74) is 7.30. The maximum atomic E-state index is 6.19.